The number of aromatic nitrogens is 1. The maximum atomic E-state index is 11.1. The summed E-state index contributed by atoms with van der Waals surface area (Å²) in [6.07, 6.45) is 6.62. The topological polar surface area (TPSA) is 68.1 Å². The molecule has 1 N–H and O–H groups in total. The van der Waals surface area contributed by atoms with E-state index in [1.807, 2.05) is 12.1 Å². The smallest absolute Gasteiger partial charge is 0.295 e. The number of nitrogens with one attached hydrogen (secondary N) is 1. The van der Waals surface area contributed by atoms with Gasteiger partial charge in [-0.05, 0) is 30.7 Å². The summed E-state index contributed by atoms with van der Waals surface area (Å²) < 4.78 is 0. The molecule has 21 heavy (non-hydrogen) atoms. The van der Waals surface area contributed by atoms with Crippen LogP contribution in [0.25, 0.3) is 10.9 Å². The molecule has 1 saturated carbocycles. The molecule has 0 unspecified atom stereocenters. The summed E-state index contributed by atoms with van der Waals surface area (Å²) in [5, 5.41) is 15.4. The summed E-state index contributed by atoms with van der Waals surface area (Å²) in [4.78, 5) is 14.9. The van der Waals surface area contributed by atoms with Crippen LogP contribution in [0.3, 0.4) is 0 Å². The highest BCUT2D eigenvalue weighted by Crippen LogP contribution is 2.49. The average molecular weight is 285 g/mol. The van der Waals surface area contributed by atoms with Crippen LogP contribution in [0.4, 0.5) is 11.4 Å². The van der Waals surface area contributed by atoms with E-state index in [9.17, 15) is 10.1 Å². The Morgan fingerprint density at radius 3 is 2.86 bits per heavy atom. The van der Waals surface area contributed by atoms with Gasteiger partial charge in [-0.25, -0.2) is 4.98 Å². The van der Waals surface area contributed by atoms with Gasteiger partial charge in [-0.3, -0.25) is 10.1 Å². The maximum Gasteiger partial charge on any atom is 0.295 e. The first-order valence-corrected chi connectivity index (χ1v) is 7.41. The first-order chi connectivity index (χ1) is 10.2. The Kier molecular flexibility index (Phi) is 3.49. The van der Waals surface area contributed by atoms with E-state index in [1.165, 1.54) is 31.7 Å². The van der Waals surface area contributed by atoms with E-state index in [4.69, 9.17) is 0 Å². The van der Waals surface area contributed by atoms with Crippen LogP contribution in [-0.2, 0) is 0 Å². The van der Waals surface area contributed by atoms with Crippen molar-refractivity contribution in [3.63, 3.8) is 0 Å². The first-order valence-electron chi connectivity index (χ1n) is 7.41. The molecule has 2 aromatic rings. The lowest BCUT2D eigenvalue weighted by atomic mass is 10.0. The molecular weight excluding hydrogens is 266 g/mol. The minimum Gasteiger partial charge on any atom is -0.384 e. The molecule has 0 aliphatic heterocycles. The van der Waals surface area contributed by atoms with E-state index in [1.54, 1.807) is 12.3 Å². The van der Waals surface area contributed by atoms with E-state index in [0.717, 1.165) is 17.6 Å². The van der Waals surface area contributed by atoms with Crippen molar-refractivity contribution in [2.45, 2.75) is 32.6 Å². The molecule has 1 aliphatic carbocycles. The number of nitrogens with zero attached hydrogens (tertiary/aromatic N) is 2. The quantitative estimate of drug-likeness (QED) is 0.640. The van der Waals surface area contributed by atoms with Crippen molar-refractivity contribution in [1.29, 1.82) is 0 Å². The van der Waals surface area contributed by atoms with Crippen molar-refractivity contribution in [1.82, 2.24) is 4.98 Å². The third kappa shape index (κ3) is 2.68. The molecule has 0 amide bonds. The van der Waals surface area contributed by atoms with Gasteiger partial charge in [0.15, 0.2) is 0 Å². The molecule has 1 aliphatic rings. The highest BCUT2D eigenvalue weighted by atomic mass is 16.6. The second-order valence-corrected chi connectivity index (χ2v) is 5.89. The zero-order valence-electron chi connectivity index (χ0n) is 12.1. The molecule has 0 radical (unpaired) electrons. The number of pyridine rings is 1. The van der Waals surface area contributed by atoms with Crippen LogP contribution in [0, 0.1) is 15.5 Å². The number of benzene rings is 1. The van der Waals surface area contributed by atoms with Gasteiger partial charge in [0.1, 0.15) is 5.52 Å². The van der Waals surface area contributed by atoms with Crippen LogP contribution in [0.15, 0.2) is 30.5 Å². The molecule has 1 aromatic heterocycles. The van der Waals surface area contributed by atoms with E-state index in [-0.39, 0.29) is 10.6 Å². The fourth-order valence-electron chi connectivity index (χ4n) is 2.97. The van der Waals surface area contributed by atoms with Crippen LogP contribution >= 0.6 is 0 Å². The fourth-order valence-corrected chi connectivity index (χ4v) is 2.97. The van der Waals surface area contributed by atoms with Crippen LogP contribution in [0.2, 0.25) is 0 Å². The Morgan fingerprint density at radius 1 is 1.38 bits per heavy atom. The molecule has 5 heteroatoms. The number of hydrogen-bond acceptors (Lipinski definition) is 4. The van der Waals surface area contributed by atoms with Crippen molar-refractivity contribution in [2.24, 2.45) is 5.41 Å². The van der Waals surface area contributed by atoms with Crippen LogP contribution in [0.5, 0.6) is 0 Å². The molecule has 1 heterocycles. The molecular formula is C16H19N3O2. The van der Waals surface area contributed by atoms with E-state index in [2.05, 4.69) is 17.2 Å². The van der Waals surface area contributed by atoms with Gasteiger partial charge in [-0.1, -0.05) is 25.5 Å². The number of rotatable bonds is 6. The van der Waals surface area contributed by atoms with Gasteiger partial charge in [0.25, 0.3) is 5.69 Å². The summed E-state index contributed by atoms with van der Waals surface area (Å²) in [6, 6.07) is 7.00. The molecule has 0 saturated heterocycles. The Bertz CT molecular complexity index is 680. The molecule has 0 spiro atoms. The molecule has 3 rings (SSSR count). The van der Waals surface area contributed by atoms with Gasteiger partial charge < -0.3 is 5.32 Å². The second kappa shape index (κ2) is 5.31. The minimum absolute atomic E-state index is 0.0610. The Hall–Kier alpha value is -2.17. The first kappa shape index (κ1) is 13.8. The highest BCUT2D eigenvalue weighted by molar-refractivity contribution is 5.96. The van der Waals surface area contributed by atoms with Crippen molar-refractivity contribution in [3.8, 4) is 0 Å². The van der Waals surface area contributed by atoms with Gasteiger partial charge in [-0.2, -0.15) is 0 Å². The monoisotopic (exact) mass is 285 g/mol. The number of non-ortho nitro benzene ring substituents is 1. The highest BCUT2D eigenvalue weighted by Gasteiger charge is 2.41. The molecule has 1 aromatic carbocycles. The number of fused-ring (bicyclic) bond motifs is 1. The summed E-state index contributed by atoms with van der Waals surface area (Å²) in [5.41, 5.74) is 1.88. The van der Waals surface area contributed by atoms with Gasteiger partial charge in [0, 0.05) is 29.9 Å². The van der Waals surface area contributed by atoms with Crippen molar-refractivity contribution < 1.29 is 4.92 Å². The molecule has 1 fully saturated rings. The molecule has 5 nitrogen and oxygen atoms in total. The fraction of sp³-hybridized carbons (Fsp3) is 0.438. The minimum atomic E-state index is -0.376. The van der Waals surface area contributed by atoms with Gasteiger partial charge in [0.2, 0.25) is 0 Å². The normalized spacial score (nSPS) is 15.9. The third-order valence-corrected chi connectivity index (χ3v) is 4.34. The van der Waals surface area contributed by atoms with Crippen LogP contribution < -0.4 is 5.32 Å². The lowest BCUT2D eigenvalue weighted by molar-refractivity contribution is -0.383. The number of nitro benzene ring substituents is 1. The predicted molar refractivity (Wildman–Crippen MR) is 83.5 cm³/mol. The van der Waals surface area contributed by atoms with Crippen LogP contribution in [0.1, 0.15) is 32.6 Å². The molecule has 110 valence electrons. The van der Waals surface area contributed by atoms with Crippen molar-refractivity contribution in [2.75, 3.05) is 11.9 Å². The van der Waals surface area contributed by atoms with E-state index in [0.29, 0.717) is 10.9 Å². The SMILES string of the molecule is CCCC1(CNc2ccnc3c([N+](=O)[O-])cccc23)CC1. The summed E-state index contributed by atoms with van der Waals surface area (Å²) in [5.74, 6) is 0. The largest absolute Gasteiger partial charge is 0.384 e. The van der Waals surface area contributed by atoms with Crippen molar-refractivity contribution >= 4 is 22.3 Å². The van der Waals surface area contributed by atoms with E-state index >= 15 is 0 Å². The Morgan fingerprint density at radius 2 is 2.19 bits per heavy atom. The number of nitro groups is 1. The summed E-state index contributed by atoms with van der Waals surface area (Å²) in [6.45, 7) is 3.15. The summed E-state index contributed by atoms with van der Waals surface area (Å²) >= 11 is 0. The molecule has 0 atom stereocenters. The number of anilines is 1. The van der Waals surface area contributed by atoms with E-state index < -0.39 is 0 Å². The molecule has 0 bridgehead atoms. The van der Waals surface area contributed by atoms with Gasteiger partial charge in [0.05, 0.1) is 4.92 Å². The lowest BCUT2D eigenvalue weighted by Crippen LogP contribution is -2.15. The second-order valence-electron chi connectivity index (χ2n) is 5.89. The third-order valence-electron chi connectivity index (χ3n) is 4.34. The van der Waals surface area contributed by atoms with Gasteiger partial charge in [-0.15, -0.1) is 0 Å². The Labute approximate surface area is 123 Å². The standard InChI is InChI=1S/C16H19N3O2/c1-2-7-16(8-9-16)11-18-13-6-10-17-15-12(13)4-3-5-14(15)19(20)21/h3-6,10H,2,7-9,11H2,1H3,(H,17,18). The average Bonchev–Trinajstić information content (AvgIpc) is 3.25. The lowest BCUT2D eigenvalue weighted by Gasteiger charge is -2.16. The van der Waals surface area contributed by atoms with Crippen LogP contribution in [-0.4, -0.2) is 16.5 Å². The zero-order valence-corrected chi connectivity index (χ0v) is 12.1. The predicted octanol–water partition coefficient (Wildman–Crippen LogP) is 4.14. The van der Waals surface area contributed by atoms with Gasteiger partial charge >= 0.3 is 0 Å². The maximum absolute atomic E-state index is 11.1. The number of hydrogen-bond donors (Lipinski definition) is 1. The summed E-state index contributed by atoms with van der Waals surface area (Å²) in [7, 11) is 0. The Balaban J connectivity index is 1.89. The zero-order chi connectivity index (χ0) is 14.9. The number of para-hydroxylation sites is 1. The van der Waals surface area contributed by atoms with Crippen molar-refractivity contribution in [3.05, 3.63) is 40.6 Å².